The molecule has 0 saturated carbocycles. The number of carbonyl (C=O) groups is 1. The smallest absolute Gasteiger partial charge is 0.257 e. The van der Waals surface area contributed by atoms with Crippen LogP contribution in [0.5, 0.6) is 5.75 Å². The molecule has 1 heterocycles. The Morgan fingerprint density at radius 1 is 1.23 bits per heavy atom. The van der Waals surface area contributed by atoms with Crippen LogP contribution < -0.4 is 15.5 Å². The van der Waals surface area contributed by atoms with Crippen molar-refractivity contribution in [1.82, 2.24) is 20.2 Å². The van der Waals surface area contributed by atoms with Gasteiger partial charge in [0, 0.05) is 17.7 Å². The Balaban J connectivity index is 1.67. The molecule has 0 atom stereocenters. The number of thiocarbonyl (C=S) groups is 1. The first-order valence-corrected chi connectivity index (χ1v) is 11.3. The Kier molecular flexibility index (Phi) is 7.83. The lowest BCUT2D eigenvalue weighted by atomic mass is 10.2. The molecule has 7 nitrogen and oxygen atoms in total. The fourth-order valence-electron chi connectivity index (χ4n) is 2.57. The molecular weight excluding hydrogens is 486 g/mol. The summed E-state index contributed by atoms with van der Waals surface area (Å²) < 4.78 is 7.58. The van der Waals surface area contributed by atoms with Gasteiger partial charge in [-0.15, -0.1) is 10.2 Å². The van der Waals surface area contributed by atoms with E-state index in [9.17, 15) is 4.79 Å². The topological polar surface area (TPSA) is 81.1 Å². The van der Waals surface area contributed by atoms with Crippen LogP contribution in [0.15, 0.2) is 58.2 Å². The van der Waals surface area contributed by atoms with Gasteiger partial charge in [-0.2, -0.15) is 0 Å². The van der Waals surface area contributed by atoms with E-state index in [1.54, 1.807) is 30.0 Å². The first-order valence-electron chi connectivity index (χ1n) is 9.08. The first kappa shape index (κ1) is 22.3. The highest BCUT2D eigenvalue weighted by atomic mass is 79.9. The molecule has 0 spiro atoms. The Hall–Kier alpha value is -2.43. The van der Waals surface area contributed by atoms with Gasteiger partial charge >= 0.3 is 0 Å². The van der Waals surface area contributed by atoms with Gasteiger partial charge in [-0.25, -0.2) is 4.68 Å². The molecule has 0 unspecified atom stereocenters. The number of ether oxygens (including phenoxy) is 1. The first-order chi connectivity index (χ1) is 14.5. The predicted octanol–water partition coefficient (Wildman–Crippen LogP) is 4.16. The zero-order valence-corrected chi connectivity index (χ0v) is 19.6. The summed E-state index contributed by atoms with van der Waals surface area (Å²) in [5.41, 5.74) is 4.64. The zero-order chi connectivity index (χ0) is 21.5. The number of rotatable bonds is 7. The fraction of sp³-hybridized carbons (Fsp3) is 0.200. The summed E-state index contributed by atoms with van der Waals surface area (Å²) in [5.74, 6) is 1.77. The van der Waals surface area contributed by atoms with Crippen molar-refractivity contribution in [3.63, 3.8) is 0 Å². The molecule has 0 aliphatic carbocycles. The standard InChI is InChI=1S/C20H20BrN5O2S2/c1-3-17-23-24-20(30-12-13-7-5-4-6-8-13)26(17)25-19(29)22-18(27)14-9-10-16(28-2)15(21)11-14/h4-11H,3,12H2,1-2H3,(H2,22,25,27,29). The second-order valence-electron chi connectivity index (χ2n) is 6.11. The van der Waals surface area contributed by atoms with Crippen LogP contribution in [0.1, 0.15) is 28.7 Å². The van der Waals surface area contributed by atoms with Crippen LogP contribution in [0.25, 0.3) is 0 Å². The van der Waals surface area contributed by atoms with Gasteiger partial charge in [0.05, 0.1) is 11.6 Å². The summed E-state index contributed by atoms with van der Waals surface area (Å²) in [6, 6.07) is 15.1. The van der Waals surface area contributed by atoms with E-state index < -0.39 is 0 Å². The van der Waals surface area contributed by atoms with Crippen molar-refractivity contribution in [3.05, 3.63) is 70.0 Å². The zero-order valence-electron chi connectivity index (χ0n) is 16.4. The van der Waals surface area contributed by atoms with Crippen LogP contribution in [0.4, 0.5) is 0 Å². The normalized spacial score (nSPS) is 10.5. The van der Waals surface area contributed by atoms with Crippen LogP contribution in [0.3, 0.4) is 0 Å². The van der Waals surface area contributed by atoms with Crippen molar-refractivity contribution in [2.24, 2.45) is 0 Å². The molecule has 1 aromatic heterocycles. The van der Waals surface area contributed by atoms with E-state index in [0.717, 1.165) is 5.75 Å². The molecule has 3 rings (SSSR count). The van der Waals surface area contributed by atoms with E-state index in [1.807, 2.05) is 25.1 Å². The van der Waals surface area contributed by atoms with E-state index in [1.165, 1.54) is 17.3 Å². The van der Waals surface area contributed by atoms with Crippen molar-refractivity contribution in [2.75, 3.05) is 12.5 Å². The van der Waals surface area contributed by atoms with Gasteiger partial charge in [-0.3, -0.25) is 15.5 Å². The summed E-state index contributed by atoms with van der Waals surface area (Å²) in [7, 11) is 1.57. The van der Waals surface area contributed by atoms with Crippen LogP contribution in [-0.2, 0) is 12.2 Å². The van der Waals surface area contributed by atoms with E-state index in [2.05, 4.69) is 49.0 Å². The third-order valence-electron chi connectivity index (χ3n) is 4.08. The molecule has 0 fully saturated rings. The molecule has 156 valence electrons. The lowest BCUT2D eigenvalue weighted by Gasteiger charge is -2.14. The molecule has 2 N–H and O–H groups in total. The number of hydrogen-bond donors (Lipinski definition) is 2. The molecule has 0 saturated heterocycles. The fourth-order valence-corrected chi connectivity index (χ4v) is 4.16. The molecule has 3 aromatic rings. The number of amides is 1. The lowest BCUT2D eigenvalue weighted by molar-refractivity contribution is 0.0977. The number of carbonyl (C=O) groups excluding carboxylic acids is 1. The van der Waals surface area contributed by atoms with E-state index in [4.69, 9.17) is 17.0 Å². The second-order valence-corrected chi connectivity index (χ2v) is 8.31. The predicted molar refractivity (Wildman–Crippen MR) is 126 cm³/mol. The number of hydrogen-bond acceptors (Lipinski definition) is 6. The number of thioether (sulfide) groups is 1. The third-order valence-corrected chi connectivity index (χ3v) is 5.89. The number of aryl methyl sites for hydroxylation is 1. The van der Waals surface area contributed by atoms with Gasteiger partial charge in [0.15, 0.2) is 10.9 Å². The quantitative estimate of drug-likeness (QED) is 0.368. The highest BCUT2D eigenvalue weighted by molar-refractivity contribution is 9.10. The molecule has 0 aliphatic heterocycles. The minimum atomic E-state index is -0.333. The average Bonchev–Trinajstić information content (AvgIpc) is 3.14. The maximum Gasteiger partial charge on any atom is 0.257 e. The lowest BCUT2D eigenvalue weighted by Crippen LogP contribution is -2.38. The largest absolute Gasteiger partial charge is 0.496 e. The van der Waals surface area contributed by atoms with Gasteiger partial charge in [0.1, 0.15) is 5.75 Å². The van der Waals surface area contributed by atoms with Gasteiger partial charge in [0.25, 0.3) is 5.91 Å². The molecule has 2 aromatic carbocycles. The summed E-state index contributed by atoms with van der Waals surface area (Å²) in [6.45, 7) is 1.98. The molecule has 10 heteroatoms. The van der Waals surface area contributed by atoms with E-state index in [0.29, 0.717) is 33.2 Å². The van der Waals surface area contributed by atoms with E-state index >= 15 is 0 Å². The highest BCUT2D eigenvalue weighted by Gasteiger charge is 2.15. The number of aromatic nitrogens is 3. The highest BCUT2D eigenvalue weighted by Crippen LogP contribution is 2.25. The third kappa shape index (κ3) is 5.59. The summed E-state index contributed by atoms with van der Waals surface area (Å²) in [4.78, 5) is 12.5. The van der Waals surface area contributed by atoms with Gasteiger partial charge in [0.2, 0.25) is 5.16 Å². The SMILES string of the molecule is CCc1nnc(SCc2ccccc2)n1NC(=S)NC(=O)c1ccc(OC)c(Br)c1. The molecular formula is C20H20BrN5O2S2. The van der Waals surface area contributed by atoms with Gasteiger partial charge in [-0.1, -0.05) is 49.0 Å². The van der Waals surface area contributed by atoms with Crippen molar-refractivity contribution in [3.8, 4) is 5.75 Å². The van der Waals surface area contributed by atoms with Crippen molar-refractivity contribution < 1.29 is 9.53 Å². The molecule has 0 aliphatic rings. The summed E-state index contributed by atoms with van der Waals surface area (Å²) in [6.07, 6.45) is 0.661. The van der Waals surface area contributed by atoms with Crippen molar-refractivity contribution in [1.29, 1.82) is 0 Å². The molecule has 1 amide bonds. The van der Waals surface area contributed by atoms with Gasteiger partial charge in [-0.05, 0) is 51.9 Å². The number of nitrogens with zero attached hydrogens (tertiary/aromatic N) is 3. The van der Waals surface area contributed by atoms with Crippen LogP contribution in [0, 0.1) is 0 Å². The molecule has 0 bridgehead atoms. The van der Waals surface area contributed by atoms with Gasteiger partial charge < -0.3 is 4.74 Å². The maximum atomic E-state index is 12.5. The maximum absolute atomic E-state index is 12.5. The number of methoxy groups -OCH3 is 1. The monoisotopic (exact) mass is 505 g/mol. The minimum absolute atomic E-state index is 0.156. The summed E-state index contributed by atoms with van der Waals surface area (Å²) in [5, 5.41) is 12.0. The molecule has 0 radical (unpaired) electrons. The van der Waals surface area contributed by atoms with E-state index in [-0.39, 0.29) is 11.0 Å². The number of nitrogens with one attached hydrogen (secondary N) is 2. The molecule has 30 heavy (non-hydrogen) atoms. The second kappa shape index (κ2) is 10.6. The number of halogens is 1. The number of benzene rings is 2. The summed E-state index contributed by atoms with van der Waals surface area (Å²) >= 11 is 10.3. The van der Waals surface area contributed by atoms with Crippen molar-refractivity contribution >= 4 is 50.9 Å². The Bertz CT molecular complexity index is 1040. The Morgan fingerprint density at radius 2 is 2.00 bits per heavy atom. The van der Waals surface area contributed by atoms with Crippen LogP contribution in [0.2, 0.25) is 0 Å². The Morgan fingerprint density at radius 3 is 2.67 bits per heavy atom. The Labute approximate surface area is 192 Å². The van der Waals surface area contributed by atoms with Crippen LogP contribution >= 0.6 is 39.9 Å². The minimum Gasteiger partial charge on any atom is -0.496 e. The average molecular weight is 506 g/mol. The van der Waals surface area contributed by atoms with Crippen LogP contribution in [-0.4, -0.2) is 33.0 Å². The van der Waals surface area contributed by atoms with Crippen molar-refractivity contribution in [2.45, 2.75) is 24.3 Å².